The number of hydrogen-bond donors (Lipinski definition) is 2. The normalized spacial score (nSPS) is 14.4. The van der Waals surface area contributed by atoms with Gasteiger partial charge in [0.15, 0.2) is 15.1 Å². The molecular formula is C26H27F3N4O6S2. The van der Waals surface area contributed by atoms with Crippen LogP contribution in [0.5, 0.6) is 0 Å². The van der Waals surface area contributed by atoms with Crippen molar-refractivity contribution >= 4 is 55.0 Å². The molecule has 1 aromatic heterocycles. The zero-order valence-corrected chi connectivity index (χ0v) is 23.7. The van der Waals surface area contributed by atoms with Crippen molar-refractivity contribution in [2.75, 3.05) is 31.4 Å². The summed E-state index contributed by atoms with van der Waals surface area (Å²) in [5.41, 5.74) is 2.42. The zero-order chi connectivity index (χ0) is 29.9. The summed E-state index contributed by atoms with van der Waals surface area (Å²) in [7, 11) is -1.83. The first kappa shape index (κ1) is 30.2. The molecule has 1 fully saturated rings. The number of nitrogens with zero attached hydrogens (tertiary/aromatic N) is 2. The molecule has 3 amide bonds. The number of carbonyl (C=O) groups excluding carboxylic acids is 3. The Morgan fingerprint density at radius 3 is 2.39 bits per heavy atom. The number of alkyl halides is 3. The Balaban J connectivity index is 1.61. The van der Waals surface area contributed by atoms with Crippen LogP contribution < -0.4 is 15.5 Å². The van der Waals surface area contributed by atoms with E-state index in [0.29, 0.717) is 15.9 Å². The molecule has 1 aliphatic carbocycles. The fourth-order valence-corrected chi connectivity index (χ4v) is 7.02. The van der Waals surface area contributed by atoms with Crippen molar-refractivity contribution in [1.29, 1.82) is 0 Å². The molecule has 1 heterocycles. The minimum atomic E-state index is -4.75. The second-order valence-electron chi connectivity index (χ2n) is 9.48. The van der Waals surface area contributed by atoms with Crippen molar-refractivity contribution in [1.82, 2.24) is 15.6 Å². The first-order valence-corrected chi connectivity index (χ1v) is 15.0. The summed E-state index contributed by atoms with van der Waals surface area (Å²) >= 11 is 0.870. The molecule has 0 spiro atoms. The number of fused-ring (bicyclic) bond motifs is 1. The predicted octanol–water partition coefficient (Wildman–Crippen LogP) is 3.97. The van der Waals surface area contributed by atoms with Crippen molar-refractivity contribution < 1.29 is 40.7 Å². The Morgan fingerprint density at radius 1 is 1.12 bits per heavy atom. The number of sulfone groups is 1. The Hall–Kier alpha value is -3.72. The Morgan fingerprint density at radius 2 is 1.78 bits per heavy atom. The van der Waals surface area contributed by atoms with Crippen LogP contribution >= 0.6 is 11.3 Å². The molecule has 2 N–H and O–H groups in total. The van der Waals surface area contributed by atoms with Crippen LogP contribution in [0.2, 0.25) is 0 Å². The second-order valence-corrected chi connectivity index (χ2v) is 12.7. The molecule has 1 atom stereocenters. The van der Waals surface area contributed by atoms with Crippen molar-refractivity contribution in [3.8, 4) is 11.1 Å². The van der Waals surface area contributed by atoms with E-state index in [9.17, 15) is 36.0 Å². The monoisotopic (exact) mass is 612 g/mol. The number of benzene rings is 2. The molecular weight excluding hydrogens is 585 g/mol. The van der Waals surface area contributed by atoms with Gasteiger partial charge in [-0.05, 0) is 48.2 Å². The smallest absolute Gasteiger partial charge is 0.413 e. The molecule has 41 heavy (non-hydrogen) atoms. The number of amides is 3. The highest BCUT2D eigenvalue weighted by Crippen LogP contribution is 2.35. The standard InChI is InChI=1S/C26H27F3N4O6S2/c1-33(25(36)39-2)18-8-3-15(4-9-18)16-5-10-19-20(13-16)40-24(32-19)22(41(37,38)12-11-26(27,28)29)23(35)30-14-21(34)31-17-6-7-17/h3-5,8-10,13,17,22H,6-7,11-12,14H2,1-2H3,(H,30,35)(H,31,34). The Kier molecular flexibility index (Phi) is 8.87. The number of rotatable bonds is 10. The molecule has 0 saturated heterocycles. The van der Waals surface area contributed by atoms with E-state index in [2.05, 4.69) is 15.6 Å². The largest absolute Gasteiger partial charge is 0.452 e. The van der Waals surface area contributed by atoms with Crippen LogP contribution in [0.15, 0.2) is 42.5 Å². The van der Waals surface area contributed by atoms with Gasteiger partial charge in [0.25, 0.3) is 0 Å². The Bertz CT molecular complexity index is 1550. The van der Waals surface area contributed by atoms with Crippen molar-refractivity contribution in [3.05, 3.63) is 47.5 Å². The molecule has 2 aromatic carbocycles. The fourth-order valence-electron chi connectivity index (χ4n) is 3.93. The average Bonchev–Trinajstić information content (AvgIpc) is 3.64. The quantitative estimate of drug-likeness (QED) is 0.354. The summed E-state index contributed by atoms with van der Waals surface area (Å²) in [6.07, 6.45) is -5.31. The summed E-state index contributed by atoms with van der Waals surface area (Å²) in [5.74, 6) is -2.95. The van der Waals surface area contributed by atoms with Crippen LogP contribution in [-0.4, -0.2) is 70.0 Å². The third kappa shape index (κ3) is 7.73. The topological polar surface area (TPSA) is 135 Å². The van der Waals surface area contributed by atoms with Gasteiger partial charge >= 0.3 is 12.3 Å². The van der Waals surface area contributed by atoms with Gasteiger partial charge in [-0.15, -0.1) is 11.3 Å². The first-order chi connectivity index (χ1) is 19.3. The number of hydrogen-bond acceptors (Lipinski definition) is 8. The minimum Gasteiger partial charge on any atom is -0.452 e. The van der Waals surface area contributed by atoms with Crippen LogP contribution in [0.4, 0.5) is 23.7 Å². The molecule has 3 aromatic rings. The van der Waals surface area contributed by atoms with Gasteiger partial charge in [-0.1, -0.05) is 18.2 Å². The maximum Gasteiger partial charge on any atom is 0.413 e. The zero-order valence-electron chi connectivity index (χ0n) is 22.0. The number of ether oxygens (including phenoxy) is 1. The van der Waals surface area contributed by atoms with Gasteiger partial charge in [-0.25, -0.2) is 18.2 Å². The molecule has 0 bridgehead atoms. The lowest BCUT2D eigenvalue weighted by Gasteiger charge is -2.16. The van der Waals surface area contributed by atoms with Crippen LogP contribution in [0, 0.1) is 0 Å². The van der Waals surface area contributed by atoms with Crippen LogP contribution in [0.3, 0.4) is 0 Å². The minimum absolute atomic E-state index is 0.00846. The van der Waals surface area contributed by atoms with E-state index in [4.69, 9.17) is 4.74 Å². The first-order valence-electron chi connectivity index (χ1n) is 12.5. The van der Waals surface area contributed by atoms with E-state index in [0.717, 1.165) is 35.3 Å². The summed E-state index contributed by atoms with van der Waals surface area (Å²) in [5, 5.41) is 2.67. The molecule has 220 valence electrons. The number of thiazole rings is 1. The lowest BCUT2D eigenvalue weighted by atomic mass is 10.1. The second kappa shape index (κ2) is 12.0. The lowest BCUT2D eigenvalue weighted by Crippen LogP contribution is -2.41. The Labute approximate surface area is 237 Å². The van der Waals surface area contributed by atoms with Gasteiger partial charge in [0.05, 0.1) is 36.0 Å². The van der Waals surface area contributed by atoms with Crippen molar-refractivity contribution in [2.24, 2.45) is 0 Å². The summed E-state index contributed by atoms with van der Waals surface area (Å²) < 4.78 is 69.9. The van der Waals surface area contributed by atoms with E-state index in [-0.39, 0.29) is 11.0 Å². The van der Waals surface area contributed by atoms with E-state index in [1.54, 1.807) is 49.5 Å². The van der Waals surface area contributed by atoms with E-state index in [1.165, 1.54) is 12.0 Å². The summed E-state index contributed by atoms with van der Waals surface area (Å²) in [6, 6.07) is 12.0. The maximum atomic E-state index is 13.0. The number of halogens is 3. The average molecular weight is 613 g/mol. The summed E-state index contributed by atoms with van der Waals surface area (Å²) in [4.78, 5) is 42.4. The molecule has 15 heteroatoms. The maximum absolute atomic E-state index is 13.0. The van der Waals surface area contributed by atoms with Gasteiger partial charge < -0.3 is 15.4 Å². The summed E-state index contributed by atoms with van der Waals surface area (Å²) in [6.45, 7) is -0.517. The molecule has 1 unspecified atom stereocenters. The van der Waals surface area contributed by atoms with Crippen LogP contribution in [0.25, 0.3) is 21.3 Å². The SMILES string of the molecule is COC(=O)N(C)c1ccc(-c2ccc3nc(C(C(=O)NCC(=O)NC4CC4)S(=O)(=O)CCC(F)(F)F)sc3c2)cc1. The lowest BCUT2D eigenvalue weighted by molar-refractivity contribution is -0.130. The van der Waals surface area contributed by atoms with Crippen LogP contribution in [-0.2, 0) is 24.2 Å². The fraction of sp³-hybridized carbons (Fsp3) is 0.385. The molecule has 4 rings (SSSR count). The molecule has 0 aliphatic heterocycles. The van der Waals surface area contributed by atoms with E-state index < -0.39 is 57.9 Å². The van der Waals surface area contributed by atoms with Crippen molar-refractivity contribution in [3.63, 3.8) is 0 Å². The number of nitrogens with one attached hydrogen (secondary N) is 2. The van der Waals surface area contributed by atoms with Crippen LogP contribution in [0.1, 0.15) is 29.5 Å². The molecule has 10 nitrogen and oxygen atoms in total. The van der Waals surface area contributed by atoms with Gasteiger partial charge in [0, 0.05) is 18.8 Å². The van der Waals surface area contributed by atoms with Crippen molar-refractivity contribution in [2.45, 2.75) is 36.7 Å². The highest BCUT2D eigenvalue weighted by molar-refractivity contribution is 7.92. The van der Waals surface area contributed by atoms with Gasteiger partial charge in [-0.2, -0.15) is 13.2 Å². The number of aromatic nitrogens is 1. The highest BCUT2D eigenvalue weighted by Gasteiger charge is 2.40. The van der Waals surface area contributed by atoms with Gasteiger partial charge in [0.1, 0.15) is 5.01 Å². The highest BCUT2D eigenvalue weighted by atomic mass is 32.2. The van der Waals surface area contributed by atoms with E-state index in [1.807, 2.05) is 0 Å². The molecule has 1 aliphatic rings. The number of anilines is 1. The number of methoxy groups -OCH3 is 1. The van der Waals surface area contributed by atoms with Gasteiger partial charge in [-0.3, -0.25) is 14.5 Å². The third-order valence-electron chi connectivity index (χ3n) is 6.30. The van der Waals surface area contributed by atoms with Gasteiger partial charge in [0.2, 0.25) is 11.8 Å². The van der Waals surface area contributed by atoms with E-state index >= 15 is 0 Å². The predicted molar refractivity (Wildman–Crippen MR) is 147 cm³/mol. The molecule has 1 saturated carbocycles. The third-order valence-corrected chi connectivity index (χ3v) is 9.46. The number of carbonyl (C=O) groups is 3. The molecule has 0 radical (unpaired) electrons.